The Bertz CT molecular complexity index is 688. The van der Waals surface area contributed by atoms with Crippen LogP contribution in [0.15, 0.2) is 42.0 Å². The first-order chi connectivity index (χ1) is 9.34. The van der Waals surface area contributed by atoms with Crippen molar-refractivity contribution in [1.82, 2.24) is 15.3 Å². The number of hydrogen-bond acceptors (Lipinski definition) is 3. The topological polar surface area (TPSA) is 57.8 Å². The van der Waals surface area contributed by atoms with E-state index >= 15 is 0 Å². The van der Waals surface area contributed by atoms with Crippen LogP contribution < -0.4 is 5.32 Å². The number of amides is 1. The molecule has 4 nitrogen and oxygen atoms in total. The van der Waals surface area contributed by atoms with Crippen molar-refractivity contribution in [3.63, 3.8) is 0 Å². The molecule has 0 aliphatic rings. The molecule has 0 bridgehead atoms. The quantitative estimate of drug-likeness (QED) is 0.766. The molecule has 0 aliphatic heterocycles. The lowest BCUT2D eigenvalue weighted by Crippen LogP contribution is -2.25. The van der Waals surface area contributed by atoms with Gasteiger partial charge >= 0.3 is 0 Å². The van der Waals surface area contributed by atoms with Crippen LogP contribution in [0.2, 0.25) is 0 Å². The van der Waals surface area contributed by atoms with Crippen LogP contribution >= 0.6 is 11.3 Å². The first kappa shape index (κ1) is 11.9. The second-order valence-corrected chi connectivity index (χ2v) is 5.22. The van der Waals surface area contributed by atoms with Gasteiger partial charge in [0.25, 0.3) is 5.91 Å². The van der Waals surface area contributed by atoms with Crippen molar-refractivity contribution in [2.24, 2.45) is 0 Å². The third-order valence-electron chi connectivity index (χ3n) is 2.93. The Morgan fingerprint density at radius 1 is 1.32 bits per heavy atom. The first-order valence-corrected chi connectivity index (χ1v) is 6.95. The van der Waals surface area contributed by atoms with Crippen LogP contribution in [-0.4, -0.2) is 22.4 Å². The molecule has 96 valence electrons. The van der Waals surface area contributed by atoms with Gasteiger partial charge in [-0.2, -0.15) is 0 Å². The molecule has 19 heavy (non-hydrogen) atoms. The van der Waals surface area contributed by atoms with Crippen LogP contribution in [0.3, 0.4) is 0 Å². The minimum atomic E-state index is -0.0748. The van der Waals surface area contributed by atoms with Gasteiger partial charge in [0.2, 0.25) is 0 Å². The van der Waals surface area contributed by atoms with Gasteiger partial charge in [-0.15, -0.1) is 11.3 Å². The second kappa shape index (κ2) is 5.24. The Hall–Kier alpha value is -2.14. The van der Waals surface area contributed by atoms with Crippen LogP contribution in [0.5, 0.6) is 0 Å². The van der Waals surface area contributed by atoms with Gasteiger partial charge in [0.1, 0.15) is 5.52 Å². The van der Waals surface area contributed by atoms with Crippen LogP contribution in [-0.2, 0) is 6.42 Å². The molecule has 3 aromatic rings. The molecule has 3 rings (SSSR count). The van der Waals surface area contributed by atoms with Crippen molar-refractivity contribution >= 4 is 28.3 Å². The van der Waals surface area contributed by atoms with E-state index < -0.39 is 0 Å². The number of carbonyl (C=O) groups excluding carboxylic acids is 1. The van der Waals surface area contributed by atoms with Crippen LogP contribution in [0, 0.1) is 0 Å². The lowest BCUT2D eigenvalue weighted by atomic mass is 10.1. The minimum Gasteiger partial charge on any atom is -0.352 e. The predicted octanol–water partition coefficient (Wildman–Crippen LogP) is 2.60. The van der Waals surface area contributed by atoms with E-state index in [4.69, 9.17) is 0 Å². The molecule has 0 fully saturated rings. The average Bonchev–Trinajstić information content (AvgIpc) is 3.08. The number of benzene rings is 1. The molecule has 0 radical (unpaired) electrons. The molecule has 1 amide bonds. The van der Waals surface area contributed by atoms with E-state index in [1.807, 2.05) is 23.6 Å². The zero-order valence-electron chi connectivity index (χ0n) is 10.2. The molecule has 0 atom stereocenters. The van der Waals surface area contributed by atoms with E-state index in [1.165, 1.54) is 4.88 Å². The van der Waals surface area contributed by atoms with Crippen LogP contribution in [0.1, 0.15) is 15.2 Å². The summed E-state index contributed by atoms with van der Waals surface area (Å²) in [4.78, 5) is 20.6. The van der Waals surface area contributed by atoms with Gasteiger partial charge in [0.15, 0.2) is 0 Å². The zero-order valence-corrected chi connectivity index (χ0v) is 11.0. The zero-order chi connectivity index (χ0) is 13.1. The summed E-state index contributed by atoms with van der Waals surface area (Å²) in [5.74, 6) is -0.0748. The van der Waals surface area contributed by atoms with E-state index in [0.717, 1.165) is 17.5 Å². The summed E-state index contributed by atoms with van der Waals surface area (Å²) in [7, 11) is 0. The maximum absolute atomic E-state index is 12.1. The number of rotatable bonds is 4. The molecule has 0 saturated carbocycles. The van der Waals surface area contributed by atoms with E-state index in [-0.39, 0.29) is 5.91 Å². The molecule has 2 aromatic heterocycles. The number of aromatic nitrogens is 2. The van der Waals surface area contributed by atoms with E-state index in [0.29, 0.717) is 12.1 Å². The summed E-state index contributed by atoms with van der Waals surface area (Å²) in [6.07, 6.45) is 2.47. The summed E-state index contributed by atoms with van der Waals surface area (Å²) in [5, 5.41) is 4.98. The van der Waals surface area contributed by atoms with E-state index in [9.17, 15) is 4.79 Å². The normalized spacial score (nSPS) is 10.7. The Labute approximate surface area is 114 Å². The van der Waals surface area contributed by atoms with Crippen molar-refractivity contribution in [1.29, 1.82) is 0 Å². The van der Waals surface area contributed by atoms with Crippen molar-refractivity contribution < 1.29 is 4.79 Å². The van der Waals surface area contributed by atoms with Gasteiger partial charge in [0.05, 0.1) is 17.4 Å². The largest absolute Gasteiger partial charge is 0.352 e. The highest BCUT2D eigenvalue weighted by atomic mass is 32.1. The number of carbonyl (C=O) groups is 1. The molecular formula is C14H13N3OS. The summed E-state index contributed by atoms with van der Waals surface area (Å²) >= 11 is 1.71. The Morgan fingerprint density at radius 2 is 2.26 bits per heavy atom. The number of hydrogen-bond donors (Lipinski definition) is 2. The minimum absolute atomic E-state index is 0.0748. The first-order valence-electron chi connectivity index (χ1n) is 6.07. The summed E-state index contributed by atoms with van der Waals surface area (Å²) < 4.78 is 0. The smallest absolute Gasteiger partial charge is 0.253 e. The second-order valence-electron chi connectivity index (χ2n) is 4.19. The van der Waals surface area contributed by atoms with Crippen LogP contribution in [0.4, 0.5) is 0 Å². The number of para-hydroxylation sites is 1. The highest BCUT2D eigenvalue weighted by Crippen LogP contribution is 2.14. The Kier molecular flexibility index (Phi) is 3.29. The number of nitrogens with zero attached hydrogens (tertiary/aromatic N) is 1. The van der Waals surface area contributed by atoms with Crippen LogP contribution in [0.25, 0.3) is 11.0 Å². The molecule has 2 heterocycles. The molecule has 0 unspecified atom stereocenters. The number of H-pyrrole nitrogens is 1. The number of aromatic amines is 1. The third-order valence-corrected chi connectivity index (χ3v) is 3.87. The molecular weight excluding hydrogens is 258 g/mol. The van der Waals surface area contributed by atoms with Crippen molar-refractivity contribution in [2.45, 2.75) is 6.42 Å². The Morgan fingerprint density at radius 3 is 3.11 bits per heavy atom. The fourth-order valence-electron chi connectivity index (χ4n) is 2.00. The monoisotopic (exact) mass is 271 g/mol. The number of thiophene rings is 1. The highest BCUT2D eigenvalue weighted by molar-refractivity contribution is 7.09. The molecule has 0 spiro atoms. The van der Waals surface area contributed by atoms with E-state index in [1.54, 1.807) is 23.7 Å². The lowest BCUT2D eigenvalue weighted by molar-refractivity contribution is 0.0955. The summed E-state index contributed by atoms with van der Waals surface area (Å²) in [6.45, 7) is 0.639. The molecule has 0 saturated heterocycles. The maximum Gasteiger partial charge on any atom is 0.253 e. The van der Waals surface area contributed by atoms with Crippen molar-refractivity contribution in [3.8, 4) is 0 Å². The fourth-order valence-corrected chi connectivity index (χ4v) is 2.71. The van der Waals surface area contributed by atoms with Crippen molar-refractivity contribution in [2.75, 3.05) is 6.54 Å². The molecule has 2 N–H and O–H groups in total. The van der Waals surface area contributed by atoms with Gasteiger partial charge in [-0.3, -0.25) is 4.79 Å². The Balaban J connectivity index is 1.68. The van der Waals surface area contributed by atoms with Gasteiger partial charge < -0.3 is 10.3 Å². The fraction of sp³-hybridized carbons (Fsp3) is 0.143. The number of fused-ring (bicyclic) bond motifs is 1. The summed E-state index contributed by atoms with van der Waals surface area (Å²) in [5.41, 5.74) is 2.21. The maximum atomic E-state index is 12.1. The average molecular weight is 271 g/mol. The molecule has 5 heteroatoms. The van der Waals surface area contributed by atoms with Gasteiger partial charge in [-0.25, -0.2) is 4.98 Å². The SMILES string of the molecule is O=C(NCCc1cccs1)c1cccc2[nH]cnc12. The predicted molar refractivity (Wildman–Crippen MR) is 76.4 cm³/mol. The molecule has 0 aliphatic carbocycles. The summed E-state index contributed by atoms with van der Waals surface area (Å²) in [6, 6.07) is 9.65. The van der Waals surface area contributed by atoms with Crippen molar-refractivity contribution in [3.05, 3.63) is 52.5 Å². The highest BCUT2D eigenvalue weighted by Gasteiger charge is 2.10. The van der Waals surface area contributed by atoms with E-state index in [2.05, 4.69) is 21.4 Å². The van der Waals surface area contributed by atoms with Gasteiger partial charge in [-0.05, 0) is 30.0 Å². The van der Waals surface area contributed by atoms with Gasteiger partial charge in [0, 0.05) is 11.4 Å². The number of imidazole rings is 1. The van der Waals surface area contributed by atoms with Gasteiger partial charge in [-0.1, -0.05) is 12.1 Å². The third kappa shape index (κ3) is 2.51. The lowest BCUT2D eigenvalue weighted by Gasteiger charge is -2.04. The molecule has 1 aromatic carbocycles. The number of nitrogens with one attached hydrogen (secondary N) is 2. The standard InChI is InChI=1S/C14H13N3OS/c18-14(15-7-6-10-3-2-8-19-10)11-4-1-5-12-13(11)17-9-16-12/h1-5,8-9H,6-7H2,(H,15,18)(H,16,17).